The lowest BCUT2D eigenvalue weighted by atomic mass is 10.2. The molecule has 0 spiro atoms. The number of hydrogen-bond acceptors (Lipinski definition) is 2. The van der Waals surface area contributed by atoms with Crippen molar-refractivity contribution in [2.75, 3.05) is 19.7 Å². The monoisotopic (exact) mass is 267 g/mol. The summed E-state index contributed by atoms with van der Waals surface area (Å²) < 4.78 is 36.8. The minimum atomic E-state index is -4.27. The van der Waals surface area contributed by atoms with Crippen molar-refractivity contribution in [2.45, 2.75) is 12.7 Å². The Kier molecular flexibility index (Phi) is 5.24. The molecule has 1 aromatic carbocycles. The number of alkyl halides is 3. The lowest BCUT2D eigenvalue weighted by Crippen LogP contribution is -2.35. The molecule has 0 bridgehead atoms. The van der Waals surface area contributed by atoms with Gasteiger partial charge >= 0.3 is 6.18 Å². The number of rotatable bonds is 5. The van der Waals surface area contributed by atoms with Gasteiger partial charge in [-0.15, -0.1) is 0 Å². The predicted octanol–water partition coefficient (Wildman–Crippen LogP) is 2.70. The third kappa shape index (κ3) is 5.91. The van der Waals surface area contributed by atoms with Gasteiger partial charge in [0.1, 0.15) is 0 Å². The van der Waals surface area contributed by atoms with Crippen molar-refractivity contribution in [1.29, 1.82) is 0 Å². The summed E-state index contributed by atoms with van der Waals surface area (Å²) in [6, 6.07) is 6.66. The molecule has 1 aromatic rings. The van der Waals surface area contributed by atoms with E-state index in [9.17, 15) is 13.2 Å². The van der Waals surface area contributed by atoms with Crippen LogP contribution in [0.4, 0.5) is 13.2 Å². The molecule has 0 saturated heterocycles. The summed E-state index contributed by atoms with van der Waals surface area (Å²) >= 11 is 5.75. The summed E-state index contributed by atoms with van der Waals surface area (Å²) in [6.07, 6.45) is -4.27. The lowest BCUT2D eigenvalue weighted by molar-refractivity contribution is -0.147. The van der Waals surface area contributed by atoms with Crippen LogP contribution >= 0.6 is 11.6 Å². The molecule has 2 nitrogen and oxygen atoms in total. The summed E-state index contributed by atoms with van der Waals surface area (Å²) in [5.41, 5.74) is 0.690. The molecule has 0 saturated carbocycles. The van der Waals surface area contributed by atoms with Gasteiger partial charge in [0, 0.05) is 18.1 Å². The van der Waals surface area contributed by atoms with E-state index < -0.39 is 12.7 Å². The molecular weight excluding hydrogens is 255 g/mol. The molecule has 0 aliphatic carbocycles. The van der Waals surface area contributed by atoms with Crippen molar-refractivity contribution in [3.63, 3.8) is 0 Å². The topological polar surface area (TPSA) is 23.5 Å². The van der Waals surface area contributed by atoms with E-state index in [4.69, 9.17) is 16.7 Å². The normalized spacial score (nSPS) is 12.1. The Morgan fingerprint density at radius 1 is 1.29 bits per heavy atom. The fraction of sp³-hybridized carbons (Fsp3) is 0.455. The van der Waals surface area contributed by atoms with Gasteiger partial charge in [-0.1, -0.05) is 23.7 Å². The molecule has 0 fully saturated rings. The second kappa shape index (κ2) is 6.23. The summed E-state index contributed by atoms with van der Waals surface area (Å²) in [4.78, 5) is 1.13. The average Bonchev–Trinajstić information content (AvgIpc) is 2.15. The van der Waals surface area contributed by atoms with Gasteiger partial charge in [0.25, 0.3) is 0 Å². The van der Waals surface area contributed by atoms with Gasteiger partial charge in [-0.25, -0.2) is 0 Å². The van der Waals surface area contributed by atoms with Crippen molar-refractivity contribution < 1.29 is 18.3 Å². The van der Waals surface area contributed by atoms with Crippen LogP contribution < -0.4 is 0 Å². The molecule has 17 heavy (non-hydrogen) atoms. The van der Waals surface area contributed by atoms with Crippen LogP contribution in [0, 0.1) is 0 Å². The standard InChI is InChI=1S/C11H13ClF3NO/c12-10-3-1-2-9(6-10)7-16(4-5-17)8-11(13,14)15/h1-3,6,17H,4-5,7-8H2. The van der Waals surface area contributed by atoms with Gasteiger partial charge < -0.3 is 5.11 Å². The van der Waals surface area contributed by atoms with Crippen LogP contribution in [-0.4, -0.2) is 35.9 Å². The van der Waals surface area contributed by atoms with E-state index in [1.165, 1.54) is 0 Å². The van der Waals surface area contributed by atoms with Crippen LogP contribution in [0.3, 0.4) is 0 Å². The van der Waals surface area contributed by atoms with Crippen molar-refractivity contribution >= 4 is 11.6 Å². The number of hydrogen-bond donors (Lipinski definition) is 1. The number of aliphatic hydroxyl groups excluding tert-OH is 1. The average molecular weight is 268 g/mol. The van der Waals surface area contributed by atoms with E-state index in [1.807, 2.05) is 0 Å². The molecule has 0 amide bonds. The van der Waals surface area contributed by atoms with Crippen LogP contribution in [0.1, 0.15) is 5.56 Å². The molecule has 96 valence electrons. The van der Waals surface area contributed by atoms with E-state index in [0.29, 0.717) is 10.6 Å². The molecule has 0 unspecified atom stereocenters. The Labute approximate surface area is 103 Å². The van der Waals surface area contributed by atoms with Crippen LogP contribution in [0.2, 0.25) is 5.02 Å². The first kappa shape index (κ1) is 14.3. The first-order chi connectivity index (χ1) is 7.90. The largest absolute Gasteiger partial charge is 0.401 e. The molecule has 0 radical (unpaired) electrons. The zero-order valence-corrected chi connectivity index (χ0v) is 9.80. The van der Waals surface area contributed by atoms with Gasteiger partial charge in [-0.05, 0) is 17.7 Å². The molecular formula is C11H13ClF3NO. The number of halogens is 4. The minimum Gasteiger partial charge on any atom is -0.395 e. The Balaban J connectivity index is 2.66. The Bertz CT molecular complexity index is 357. The zero-order chi connectivity index (χ0) is 12.9. The summed E-state index contributed by atoms with van der Waals surface area (Å²) in [6.45, 7) is -1.26. The highest BCUT2D eigenvalue weighted by atomic mass is 35.5. The first-order valence-corrected chi connectivity index (χ1v) is 5.43. The fourth-order valence-electron chi connectivity index (χ4n) is 1.50. The lowest BCUT2D eigenvalue weighted by Gasteiger charge is -2.22. The van der Waals surface area contributed by atoms with Gasteiger partial charge in [-0.3, -0.25) is 4.90 Å². The maximum Gasteiger partial charge on any atom is 0.401 e. The SMILES string of the molecule is OCCN(Cc1cccc(Cl)c1)CC(F)(F)F. The predicted molar refractivity (Wildman–Crippen MR) is 59.9 cm³/mol. The Morgan fingerprint density at radius 2 is 2.00 bits per heavy atom. The number of nitrogens with zero attached hydrogens (tertiary/aromatic N) is 1. The summed E-state index contributed by atoms with van der Waals surface area (Å²) in [5.74, 6) is 0. The van der Waals surface area contributed by atoms with E-state index in [-0.39, 0.29) is 19.7 Å². The number of benzene rings is 1. The van der Waals surface area contributed by atoms with Crippen molar-refractivity contribution in [3.8, 4) is 0 Å². The van der Waals surface area contributed by atoms with E-state index in [0.717, 1.165) is 4.90 Å². The van der Waals surface area contributed by atoms with Crippen LogP contribution in [-0.2, 0) is 6.54 Å². The molecule has 0 aliphatic rings. The third-order valence-electron chi connectivity index (χ3n) is 2.11. The Hall–Kier alpha value is -0.780. The van der Waals surface area contributed by atoms with Crippen molar-refractivity contribution in [2.24, 2.45) is 0 Å². The molecule has 1 N–H and O–H groups in total. The summed E-state index contributed by atoms with van der Waals surface area (Å²) in [7, 11) is 0. The highest BCUT2D eigenvalue weighted by Crippen LogP contribution is 2.19. The van der Waals surface area contributed by atoms with E-state index in [2.05, 4.69) is 0 Å². The van der Waals surface area contributed by atoms with Crippen molar-refractivity contribution in [3.05, 3.63) is 34.9 Å². The second-order valence-electron chi connectivity index (χ2n) is 3.68. The highest BCUT2D eigenvalue weighted by molar-refractivity contribution is 6.30. The van der Waals surface area contributed by atoms with Crippen molar-refractivity contribution in [1.82, 2.24) is 4.90 Å². The smallest absolute Gasteiger partial charge is 0.395 e. The van der Waals surface area contributed by atoms with Gasteiger partial charge in [0.15, 0.2) is 0 Å². The summed E-state index contributed by atoms with van der Waals surface area (Å²) in [5, 5.41) is 9.22. The quantitative estimate of drug-likeness (QED) is 0.887. The van der Waals surface area contributed by atoms with E-state index in [1.54, 1.807) is 24.3 Å². The maximum absolute atomic E-state index is 12.3. The first-order valence-electron chi connectivity index (χ1n) is 5.05. The fourth-order valence-corrected chi connectivity index (χ4v) is 1.72. The van der Waals surface area contributed by atoms with E-state index >= 15 is 0 Å². The highest BCUT2D eigenvalue weighted by Gasteiger charge is 2.30. The van der Waals surface area contributed by atoms with Crippen LogP contribution in [0.5, 0.6) is 0 Å². The minimum absolute atomic E-state index is 0.0218. The zero-order valence-electron chi connectivity index (χ0n) is 9.04. The molecule has 0 aromatic heterocycles. The van der Waals surface area contributed by atoms with Crippen LogP contribution in [0.25, 0.3) is 0 Å². The van der Waals surface area contributed by atoms with Crippen LogP contribution in [0.15, 0.2) is 24.3 Å². The molecule has 0 aliphatic heterocycles. The van der Waals surface area contributed by atoms with Gasteiger partial charge in [-0.2, -0.15) is 13.2 Å². The molecule has 1 rings (SSSR count). The van der Waals surface area contributed by atoms with Gasteiger partial charge in [0.05, 0.1) is 13.2 Å². The maximum atomic E-state index is 12.3. The van der Waals surface area contributed by atoms with Gasteiger partial charge in [0.2, 0.25) is 0 Å². The third-order valence-corrected chi connectivity index (χ3v) is 2.35. The molecule has 0 atom stereocenters. The molecule has 6 heteroatoms. The second-order valence-corrected chi connectivity index (χ2v) is 4.12. The number of aliphatic hydroxyl groups is 1. The molecule has 0 heterocycles. The Morgan fingerprint density at radius 3 is 2.53 bits per heavy atom.